The molecule has 170 valence electrons. The molecule has 1 amide bonds. The van der Waals surface area contributed by atoms with Crippen LogP contribution in [0.25, 0.3) is 0 Å². The smallest absolute Gasteiger partial charge is 0.237 e. The van der Waals surface area contributed by atoms with Crippen molar-refractivity contribution in [2.45, 2.75) is 63.9 Å². The first kappa shape index (κ1) is 24.7. The molecule has 9 heteroatoms. The predicted molar refractivity (Wildman–Crippen MR) is 121 cm³/mol. The summed E-state index contributed by atoms with van der Waals surface area (Å²) in [6.07, 6.45) is 1.64. The fourth-order valence-electron chi connectivity index (χ4n) is 3.16. The SMILES string of the molecule is CC(C)S(=O)(=O)CC1CCN(C(=O)Cc2ccc(NS(=O)(=O)C(C)(C)C)cc2)CC1. The predicted octanol–water partition coefficient (Wildman–Crippen LogP) is 2.83. The fourth-order valence-corrected chi connectivity index (χ4v) is 5.28. The van der Waals surface area contributed by atoms with Gasteiger partial charge in [0.15, 0.2) is 9.84 Å². The average molecular weight is 459 g/mol. The van der Waals surface area contributed by atoms with Crippen molar-refractivity contribution in [1.82, 2.24) is 4.90 Å². The van der Waals surface area contributed by atoms with Crippen LogP contribution in [0.5, 0.6) is 0 Å². The van der Waals surface area contributed by atoms with Crippen molar-refractivity contribution >= 4 is 31.5 Å². The van der Waals surface area contributed by atoms with Gasteiger partial charge in [-0.15, -0.1) is 0 Å². The number of sulfone groups is 1. The van der Waals surface area contributed by atoms with Gasteiger partial charge in [-0.2, -0.15) is 0 Å². The molecule has 1 aromatic rings. The first-order valence-electron chi connectivity index (χ1n) is 10.3. The summed E-state index contributed by atoms with van der Waals surface area (Å²) in [5, 5.41) is -0.368. The molecule has 0 atom stereocenters. The zero-order valence-electron chi connectivity index (χ0n) is 18.5. The minimum Gasteiger partial charge on any atom is -0.342 e. The summed E-state index contributed by atoms with van der Waals surface area (Å²) >= 11 is 0. The van der Waals surface area contributed by atoms with Crippen LogP contribution in [0, 0.1) is 5.92 Å². The summed E-state index contributed by atoms with van der Waals surface area (Å²) in [7, 11) is -6.56. The number of carbonyl (C=O) groups is 1. The highest BCUT2D eigenvalue weighted by atomic mass is 32.2. The van der Waals surface area contributed by atoms with Crippen LogP contribution in [-0.2, 0) is 31.1 Å². The summed E-state index contributed by atoms with van der Waals surface area (Å²) in [6.45, 7) is 9.43. The van der Waals surface area contributed by atoms with Crippen LogP contribution >= 0.6 is 0 Å². The van der Waals surface area contributed by atoms with Crippen molar-refractivity contribution in [3.8, 4) is 0 Å². The van der Waals surface area contributed by atoms with Crippen molar-refractivity contribution in [2.24, 2.45) is 5.92 Å². The minimum atomic E-state index is -3.50. The van der Waals surface area contributed by atoms with Crippen molar-refractivity contribution < 1.29 is 21.6 Å². The molecule has 2 rings (SSSR count). The number of anilines is 1. The highest BCUT2D eigenvalue weighted by Gasteiger charge is 2.29. The average Bonchev–Trinajstić information content (AvgIpc) is 2.62. The molecular weight excluding hydrogens is 424 g/mol. The molecule has 0 unspecified atom stereocenters. The molecule has 1 heterocycles. The molecule has 1 aliphatic rings. The van der Waals surface area contributed by atoms with Gasteiger partial charge in [-0.25, -0.2) is 16.8 Å². The minimum absolute atomic E-state index is 0.00295. The van der Waals surface area contributed by atoms with Crippen LogP contribution in [0.4, 0.5) is 5.69 Å². The lowest BCUT2D eigenvalue weighted by Crippen LogP contribution is -2.41. The lowest BCUT2D eigenvalue weighted by Gasteiger charge is -2.32. The molecule has 1 N–H and O–H groups in total. The summed E-state index contributed by atoms with van der Waals surface area (Å²) in [6, 6.07) is 6.82. The molecule has 1 aromatic carbocycles. The molecule has 1 aliphatic heterocycles. The molecular formula is C21H34N2O5S2. The first-order chi connectivity index (χ1) is 13.7. The fraction of sp³-hybridized carbons (Fsp3) is 0.667. The Morgan fingerprint density at radius 1 is 1.07 bits per heavy atom. The van der Waals surface area contributed by atoms with Gasteiger partial charge in [-0.3, -0.25) is 9.52 Å². The van der Waals surface area contributed by atoms with E-state index in [2.05, 4.69) is 4.72 Å². The van der Waals surface area contributed by atoms with E-state index in [0.717, 1.165) is 5.56 Å². The van der Waals surface area contributed by atoms with Crippen molar-refractivity contribution in [3.05, 3.63) is 29.8 Å². The molecule has 0 radical (unpaired) electrons. The van der Waals surface area contributed by atoms with E-state index < -0.39 is 24.6 Å². The van der Waals surface area contributed by atoms with Crippen LogP contribution in [-0.4, -0.2) is 56.5 Å². The number of carbonyl (C=O) groups excluding carboxylic acids is 1. The van der Waals surface area contributed by atoms with E-state index in [9.17, 15) is 21.6 Å². The second-order valence-corrected chi connectivity index (χ2v) is 14.3. The summed E-state index contributed by atoms with van der Waals surface area (Å²) < 4.78 is 50.3. The number of likely N-dealkylation sites (tertiary alicyclic amines) is 1. The monoisotopic (exact) mass is 458 g/mol. The Hall–Kier alpha value is -1.61. The van der Waals surface area contributed by atoms with Gasteiger partial charge in [0.1, 0.15) is 0 Å². The van der Waals surface area contributed by atoms with Crippen molar-refractivity contribution in [2.75, 3.05) is 23.6 Å². The third-order valence-corrected chi connectivity index (χ3v) is 10.0. The van der Waals surface area contributed by atoms with E-state index in [1.165, 1.54) is 0 Å². The second kappa shape index (κ2) is 9.26. The number of nitrogens with one attached hydrogen (secondary N) is 1. The zero-order valence-corrected chi connectivity index (χ0v) is 20.1. The van der Waals surface area contributed by atoms with Crippen LogP contribution in [0.2, 0.25) is 0 Å². The number of sulfonamides is 1. The molecule has 1 saturated heterocycles. The summed E-state index contributed by atoms with van der Waals surface area (Å²) in [4.78, 5) is 14.4. The first-order valence-corrected chi connectivity index (χ1v) is 13.5. The molecule has 0 bridgehead atoms. The van der Waals surface area contributed by atoms with Gasteiger partial charge in [-0.05, 0) is 71.1 Å². The van der Waals surface area contributed by atoms with Crippen LogP contribution in [0.1, 0.15) is 53.0 Å². The maximum absolute atomic E-state index is 12.6. The van der Waals surface area contributed by atoms with Crippen LogP contribution in [0.15, 0.2) is 24.3 Å². The number of amides is 1. The largest absolute Gasteiger partial charge is 0.342 e. The Balaban J connectivity index is 1.89. The van der Waals surface area contributed by atoms with Crippen molar-refractivity contribution in [1.29, 1.82) is 0 Å². The molecule has 0 spiro atoms. The third-order valence-electron chi connectivity index (χ3n) is 5.52. The van der Waals surface area contributed by atoms with E-state index in [0.29, 0.717) is 31.6 Å². The van der Waals surface area contributed by atoms with E-state index in [1.807, 2.05) is 0 Å². The number of nitrogens with zero attached hydrogens (tertiary/aromatic N) is 1. The van der Waals surface area contributed by atoms with Gasteiger partial charge >= 0.3 is 0 Å². The maximum atomic E-state index is 12.6. The third kappa shape index (κ3) is 6.44. The zero-order chi connectivity index (χ0) is 22.7. The van der Waals surface area contributed by atoms with Gasteiger partial charge in [0.05, 0.1) is 22.2 Å². The molecule has 1 fully saturated rings. The maximum Gasteiger partial charge on any atom is 0.237 e. The molecule has 0 aliphatic carbocycles. The topological polar surface area (TPSA) is 101 Å². The molecule has 0 saturated carbocycles. The van der Waals surface area contributed by atoms with E-state index >= 15 is 0 Å². The van der Waals surface area contributed by atoms with Gasteiger partial charge in [0, 0.05) is 18.8 Å². The second-order valence-electron chi connectivity index (χ2n) is 9.29. The van der Waals surface area contributed by atoms with Gasteiger partial charge in [-0.1, -0.05) is 12.1 Å². The van der Waals surface area contributed by atoms with E-state index in [1.54, 1.807) is 63.8 Å². The number of hydrogen-bond donors (Lipinski definition) is 1. The lowest BCUT2D eigenvalue weighted by atomic mass is 9.98. The lowest BCUT2D eigenvalue weighted by molar-refractivity contribution is -0.131. The number of rotatable bonds is 7. The van der Waals surface area contributed by atoms with Crippen molar-refractivity contribution in [3.63, 3.8) is 0 Å². The molecule has 7 nitrogen and oxygen atoms in total. The van der Waals surface area contributed by atoms with E-state index in [4.69, 9.17) is 0 Å². The Labute approximate surface area is 181 Å². The Kier molecular flexibility index (Phi) is 7.61. The number of piperidine rings is 1. The molecule has 0 aromatic heterocycles. The Bertz CT molecular complexity index is 938. The summed E-state index contributed by atoms with van der Waals surface area (Å²) in [5.41, 5.74) is 1.27. The molecule has 30 heavy (non-hydrogen) atoms. The number of hydrogen-bond acceptors (Lipinski definition) is 5. The van der Waals surface area contributed by atoms with Crippen LogP contribution < -0.4 is 4.72 Å². The van der Waals surface area contributed by atoms with Crippen LogP contribution in [0.3, 0.4) is 0 Å². The van der Waals surface area contributed by atoms with Gasteiger partial charge < -0.3 is 4.90 Å². The van der Waals surface area contributed by atoms with Gasteiger partial charge in [0.2, 0.25) is 15.9 Å². The standard InChI is InChI=1S/C21H34N2O5S2/c1-16(2)29(25,26)15-18-10-12-23(13-11-18)20(24)14-17-6-8-19(9-7-17)22-30(27,28)21(3,4)5/h6-9,16,18,22H,10-15H2,1-5H3. The van der Waals surface area contributed by atoms with E-state index in [-0.39, 0.29) is 29.2 Å². The highest BCUT2D eigenvalue weighted by molar-refractivity contribution is 7.94. The Morgan fingerprint density at radius 2 is 1.60 bits per heavy atom. The normalized spacial score (nSPS) is 16.7. The summed E-state index contributed by atoms with van der Waals surface area (Å²) in [5.74, 6) is 0.304. The highest BCUT2D eigenvalue weighted by Crippen LogP contribution is 2.23. The van der Waals surface area contributed by atoms with Gasteiger partial charge in [0.25, 0.3) is 0 Å². The Morgan fingerprint density at radius 3 is 2.07 bits per heavy atom. The number of benzene rings is 1. The quantitative estimate of drug-likeness (QED) is 0.677.